The molecular weight excluding hydrogens is 387 g/mol. The van der Waals surface area contributed by atoms with Crippen molar-refractivity contribution in [3.63, 3.8) is 0 Å². The summed E-state index contributed by atoms with van der Waals surface area (Å²) in [5.41, 5.74) is 2.77. The van der Waals surface area contributed by atoms with Gasteiger partial charge in [0.05, 0.1) is 11.0 Å². The van der Waals surface area contributed by atoms with E-state index in [2.05, 4.69) is 10.3 Å². The van der Waals surface area contributed by atoms with Crippen LogP contribution < -0.4 is 5.32 Å². The fourth-order valence-electron chi connectivity index (χ4n) is 2.93. The number of aryl methyl sites for hydroxylation is 1. The number of hydrogen-bond acceptors (Lipinski definition) is 3. The van der Waals surface area contributed by atoms with E-state index in [1.165, 1.54) is 11.4 Å². The molecule has 3 aromatic rings. The predicted molar refractivity (Wildman–Crippen MR) is 106 cm³/mol. The molecule has 0 saturated heterocycles. The average molecular weight is 409 g/mol. The zero-order valence-electron chi connectivity index (χ0n) is 16.1. The van der Waals surface area contributed by atoms with Gasteiger partial charge in [-0.15, -0.1) is 11.3 Å². The second-order valence-electron chi connectivity index (χ2n) is 8.10. The summed E-state index contributed by atoms with van der Waals surface area (Å²) in [6, 6.07) is 4.87. The van der Waals surface area contributed by atoms with Crippen molar-refractivity contribution in [2.24, 2.45) is 5.41 Å². The van der Waals surface area contributed by atoms with Gasteiger partial charge < -0.3 is 9.88 Å². The van der Waals surface area contributed by atoms with E-state index in [0.717, 1.165) is 11.1 Å². The highest BCUT2D eigenvalue weighted by molar-refractivity contribution is 7.10. The molecule has 0 aliphatic rings. The van der Waals surface area contributed by atoms with E-state index >= 15 is 0 Å². The number of anilines is 1. The lowest BCUT2D eigenvalue weighted by Gasteiger charge is -2.17. The first-order chi connectivity index (χ1) is 12.9. The van der Waals surface area contributed by atoms with Gasteiger partial charge in [0.15, 0.2) is 0 Å². The molecule has 150 valence electrons. The van der Waals surface area contributed by atoms with Crippen LogP contribution in [0.15, 0.2) is 29.8 Å². The van der Waals surface area contributed by atoms with Crippen molar-refractivity contribution < 1.29 is 18.0 Å². The van der Waals surface area contributed by atoms with E-state index in [-0.39, 0.29) is 11.3 Å². The number of nitrogens with one attached hydrogen (secondary N) is 1. The molecule has 0 bridgehead atoms. The van der Waals surface area contributed by atoms with E-state index in [0.29, 0.717) is 41.2 Å². The maximum Gasteiger partial charge on any atom is 0.425 e. The predicted octanol–water partition coefficient (Wildman–Crippen LogP) is 5.85. The monoisotopic (exact) mass is 409 g/mol. The molecule has 3 heterocycles. The SMILES string of the molecule is Cc1cc2c(ccn2Cc2csc(C(F)(F)F)c2)nc1NC(=O)CC(C)(C)C. The van der Waals surface area contributed by atoms with Gasteiger partial charge in [-0.1, -0.05) is 20.8 Å². The van der Waals surface area contributed by atoms with Crippen LogP contribution in [0, 0.1) is 12.3 Å². The molecule has 0 unspecified atom stereocenters. The van der Waals surface area contributed by atoms with E-state index in [9.17, 15) is 18.0 Å². The summed E-state index contributed by atoms with van der Waals surface area (Å²) in [5, 5.41) is 4.38. The summed E-state index contributed by atoms with van der Waals surface area (Å²) in [4.78, 5) is 16.1. The second kappa shape index (κ2) is 7.24. The first-order valence-corrected chi connectivity index (χ1v) is 9.71. The molecule has 0 aliphatic heterocycles. The number of rotatable bonds is 4. The maximum absolute atomic E-state index is 12.8. The lowest BCUT2D eigenvalue weighted by atomic mass is 9.92. The Morgan fingerprint density at radius 2 is 1.96 bits per heavy atom. The third-order valence-electron chi connectivity index (χ3n) is 4.18. The highest BCUT2D eigenvalue weighted by Crippen LogP contribution is 2.34. The Morgan fingerprint density at radius 1 is 1.25 bits per heavy atom. The largest absolute Gasteiger partial charge is 0.425 e. The van der Waals surface area contributed by atoms with Crippen LogP contribution in [-0.2, 0) is 17.5 Å². The summed E-state index contributed by atoms with van der Waals surface area (Å²) < 4.78 is 40.2. The van der Waals surface area contributed by atoms with Gasteiger partial charge in [0, 0.05) is 19.2 Å². The van der Waals surface area contributed by atoms with Crippen molar-refractivity contribution in [3.05, 3.63) is 45.8 Å². The summed E-state index contributed by atoms with van der Waals surface area (Å²) >= 11 is 0.699. The van der Waals surface area contributed by atoms with Crippen molar-refractivity contribution in [2.45, 2.75) is 46.8 Å². The van der Waals surface area contributed by atoms with Crippen LogP contribution >= 0.6 is 11.3 Å². The third-order valence-corrected chi connectivity index (χ3v) is 5.20. The normalized spacial score (nSPS) is 12.5. The maximum atomic E-state index is 12.8. The molecule has 0 aliphatic carbocycles. The van der Waals surface area contributed by atoms with E-state index in [1.807, 2.05) is 38.3 Å². The fraction of sp³-hybridized carbons (Fsp3) is 0.400. The molecule has 0 radical (unpaired) electrons. The molecule has 0 saturated carbocycles. The molecule has 3 aromatic heterocycles. The molecule has 1 N–H and O–H groups in total. The summed E-state index contributed by atoms with van der Waals surface area (Å²) in [6.45, 7) is 8.15. The van der Waals surface area contributed by atoms with E-state index < -0.39 is 11.1 Å². The molecule has 8 heteroatoms. The minimum atomic E-state index is -4.32. The minimum Gasteiger partial charge on any atom is -0.342 e. The van der Waals surface area contributed by atoms with Crippen LogP contribution in [0.4, 0.5) is 19.0 Å². The molecule has 4 nitrogen and oxygen atoms in total. The molecule has 0 spiro atoms. The Morgan fingerprint density at radius 3 is 2.57 bits per heavy atom. The molecular formula is C20H22F3N3OS. The topological polar surface area (TPSA) is 46.9 Å². The van der Waals surface area contributed by atoms with E-state index in [1.54, 1.807) is 12.3 Å². The van der Waals surface area contributed by atoms with Crippen molar-refractivity contribution in [1.82, 2.24) is 9.55 Å². The number of amides is 1. The van der Waals surface area contributed by atoms with Gasteiger partial charge in [0.1, 0.15) is 10.7 Å². The van der Waals surface area contributed by atoms with Crippen molar-refractivity contribution in [2.75, 3.05) is 5.32 Å². The number of fused-ring (bicyclic) bond motifs is 1. The van der Waals surface area contributed by atoms with Crippen molar-refractivity contribution in [1.29, 1.82) is 0 Å². The van der Waals surface area contributed by atoms with Gasteiger partial charge in [0.25, 0.3) is 0 Å². The number of halogens is 3. The van der Waals surface area contributed by atoms with Crippen LogP contribution in [0.3, 0.4) is 0 Å². The van der Waals surface area contributed by atoms with Gasteiger partial charge in [-0.2, -0.15) is 13.2 Å². The lowest BCUT2D eigenvalue weighted by Crippen LogP contribution is -2.20. The number of carbonyl (C=O) groups excluding carboxylic acids is 1. The van der Waals surface area contributed by atoms with Gasteiger partial charge in [-0.05, 0) is 47.0 Å². The molecule has 0 atom stereocenters. The second-order valence-corrected chi connectivity index (χ2v) is 9.02. The smallest absolute Gasteiger partial charge is 0.342 e. The molecule has 28 heavy (non-hydrogen) atoms. The van der Waals surface area contributed by atoms with Crippen molar-refractivity contribution >= 4 is 34.1 Å². The van der Waals surface area contributed by atoms with Crippen LogP contribution in [0.5, 0.6) is 0 Å². The Kier molecular flexibility index (Phi) is 5.27. The number of pyridine rings is 1. The number of carbonyl (C=O) groups is 1. The van der Waals surface area contributed by atoms with Crippen LogP contribution in [0.2, 0.25) is 0 Å². The average Bonchev–Trinajstić information content (AvgIpc) is 3.14. The van der Waals surface area contributed by atoms with Gasteiger partial charge in [0.2, 0.25) is 5.91 Å². The third kappa shape index (κ3) is 4.73. The number of aromatic nitrogens is 2. The molecule has 1 amide bonds. The quantitative estimate of drug-likeness (QED) is 0.588. The summed E-state index contributed by atoms with van der Waals surface area (Å²) in [7, 11) is 0. The van der Waals surface area contributed by atoms with Crippen molar-refractivity contribution in [3.8, 4) is 0 Å². The first kappa shape index (κ1) is 20.4. The summed E-state index contributed by atoms with van der Waals surface area (Å²) in [6.07, 6.45) is -2.14. The van der Waals surface area contributed by atoms with Crippen LogP contribution in [0.25, 0.3) is 11.0 Å². The van der Waals surface area contributed by atoms with Gasteiger partial charge in [-0.25, -0.2) is 4.98 Å². The lowest BCUT2D eigenvalue weighted by molar-refractivity contribution is -0.134. The number of thiophene rings is 1. The Hall–Kier alpha value is -2.35. The zero-order chi connectivity index (χ0) is 20.7. The number of alkyl halides is 3. The zero-order valence-corrected chi connectivity index (χ0v) is 17.0. The van der Waals surface area contributed by atoms with Crippen LogP contribution in [0.1, 0.15) is 43.2 Å². The highest BCUT2D eigenvalue weighted by Gasteiger charge is 2.32. The Labute approximate surface area is 165 Å². The summed E-state index contributed by atoms with van der Waals surface area (Å²) in [5.74, 6) is 0.411. The Balaban J connectivity index is 1.82. The fourth-order valence-corrected chi connectivity index (χ4v) is 3.71. The van der Waals surface area contributed by atoms with E-state index in [4.69, 9.17) is 0 Å². The standard InChI is InChI=1S/C20H22F3N3OS/c1-12-7-15-14(24-18(12)25-17(27)9-19(2,3)4)5-6-26(15)10-13-8-16(28-11-13)20(21,22)23/h5-8,11H,9-10H2,1-4H3,(H,24,25,27). The highest BCUT2D eigenvalue weighted by atomic mass is 32.1. The van der Waals surface area contributed by atoms with Gasteiger partial charge >= 0.3 is 6.18 Å². The molecule has 0 aromatic carbocycles. The Bertz CT molecular complexity index is 1010. The molecule has 0 fully saturated rings. The molecule has 3 rings (SSSR count). The number of nitrogens with zero attached hydrogens (tertiary/aromatic N) is 2. The number of hydrogen-bond donors (Lipinski definition) is 1. The minimum absolute atomic E-state index is 0.0974. The van der Waals surface area contributed by atoms with Crippen LogP contribution in [-0.4, -0.2) is 15.5 Å². The van der Waals surface area contributed by atoms with Gasteiger partial charge in [-0.3, -0.25) is 4.79 Å². The first-order valence-electron chi connectivity index (χ1n) is 8.83.